The summed E-state index contributed by atoms with van der Waals surface area (Å²) in [5, 5.41) is 5.69. The molecule has 25 heavy (non-hydrogen) atoms. The normalized spacial score (nSPS) is 10.2. The minimum absolute atomic E-state index is 0.0997. The number of nitrogens with one attached hydrogen (secondary N) is 2. The van der Waals surface area contributed by atoms with Gasteiger partial charge in [0, 0.05) is 17.8 Å². The van der Waals surface area contributed by atoms with Crippen molar-refractivity contribution in [2.24, 2.45) is 0 Å². The first kappa shape index (κ1) is 18.7. The van der Waals surface area contributed by atoms with Crippen molar-refractivity contribution in [1.29, 1.82) is 0 Å². The number of hydrogen-bond acceptors (Lipinski definition) is 3. The molecule has 0 heterocycles. The summed E-state index contributed by atoms with van der Waals surface area (Å²) in [6.45, 7) is 1.72. The highest BCUT2D eigenvalue weighted by Crippen LogP contribution is 2.18. The smallest absolute Gasteiger partial charge is 0.243 e. The molecule has 0 bridgehead atoms. The van der Waals surface area contributed by atoms with Crippen LogP contribution in [0.15, 0.2) is 42.5 Å². The lowest BCUT2D eigenvalue weighted by Crippen LogP contribution is -2.38. The Labute approximate surface area is 150 Å². The molecule has 0 fully saturated rings. The number of benzene rings is 2. The summed E-state index contributed by atoms with van der Waals surface area (Å²) in [6.07, 6.45) is 0. The van der Waals surface area contributed by atoms with Gasteiger partial charge >= 0.3 is 0 Å². The van der Waals surface area contributed by atoms with Crippen LogP contribution in [0.3, 0.4) is 0 Å². The number of anilines is 2. The molecule has 2 amide bonds. The van der Waals surface area contributed by atoms with E-state index < -0.39 is 5.82 Å². The number of rotatable bonds is 6. The van der Waals surface area contributed by atoms with E-state index in [0.717, 1.165) is 11.6 Å². The van der Waals surface area contributed by atoms with Gasteiger partial charge in [0.15, 0.2) is 0 Å². The number of carbonyl (C=O) groups excluding carboxylic acids is 2. The van der Waals surface area contributed by atoms with Gasteiger partial charge in [0.1, 0.15) is 5.82 Å². The minimum Gasteiger partial charge on any atom is -0.374 e. The van der Waals surface area contributed by atoms with Crippen LogP contribution in [0, 0.1) is 12.7 Å². The highest BCUT2D eigenvalue weighted by Gasteiger charge is 2.14. The summed E-state index contributed by atoms with van der Waals surface area (Å²) < 4.78 is 13.6. The van der Waals surface area contributed by atoms with Gasteiger partial charge in [-0.2, -0.15) is 0 Å². The lowest BCUT2D eigenvalue weighted by molar-refractivity contribution is -0.131. The molecule has 2 N–H and O–H groups in total. The Morgan fingerprint density at radius 1 is 1.16 bits per heavy atom. The van der Waals surface area contributed by atoms with Crippen LogP contribution in [-0.2, 0) is 9.59 Å². The molecule has 0 saturated heterocycles. The van der Waals surface area contributed by atoms with Crippen molar-refractivity contribution in [2.75, 3.05) is 30.8 Å². The highest BCUT2D eigenvalue weighted by molar-refractivity contribution is 6.30. The van der Waals surface area contributed by atoms with Gasteiger partial charge in [-0.25, -0.2) is 4.39 Å². The van der Waals surface area contributed by atoms with E-state index in [-0.39, 0.29) is 35.6 Å². The van der Waals surface area contributed by atoms with Crippen LogP contribution in [0.2, 0.25) is 5.02 Å². The van der Waals surface area contributed by atoms with Crippen LogP contribution in [0.1, 0.15) is 5.56 Å². The van der Waals surface area contributed by atoms with E-state index in [1.54, 1.807) is 12.1 Å². The van der Waals surface area contributed by atoms with E-state index in [4.69, 9.17) is 11.6 Å². The van der Waals surface area contributed by atoms with Gasteiger partial charge in [0.25, 0.3) is 0 Å². The molecule has 0 aromatic heterocycles. The zero-order chi connectivity index (χ0) is 18.4. The molecule has 2 aromatic rings. The Kier molecular flexibility index (Phi) is 6.36. The molecule has 0 aliphatic heterocycles. The van der Waals surface area contributed by atoms with Crippen LogP contribution in [0.25, 0.3) is 0 Å². The van der Waals surface area contributed by atoms with Gasteiger partial charge in [-0.3, -0.25) is 9.59 Å². The fraction of sp³-hybridized carbons (Fsp3) is 0.222. The summed E-state index contributed by atoms with van der Waals surface area (Å²) in [4.78, 5) is 25.3. The quantitative estimate of drug-likeness (QED) is 0.827. The maximum Gasteiger partial charge on any atom is 0.243 e. The number of hydrogen-bond donors (Lipinski definition) is 2. The van der Waals surface area contributed by atoms with Crippen molar-refractivity contribution in [1.82, 2.24) is 4.90 Å². The molecule has 2 aromatic carbocycles. The third kappa shape index (κ3) is 5.76. The van der Waals surface area contributed by atoms with E-state index in [1.165, 1.54) is 24.1 Å². The SMILES string of the molecule is Cc1ccc(NC(=O)CN(C)C(=O)CNc2ccc(Cl)cc2F)cc1. The molecule has 0 spiro atoms. The standard InChI is InChI=1S/C18H19ClFN3O2/c1-12-3-6-14(7-4-12)22-17(24)11-23(2)18(25)10-21-16-8-5-13(19)9-15(16)20/h3-9,21H,10-11H2,1-2H3,(H,22,24). The van der Waals surface area contributed by atoms with E-state index in [0.29, 0.717) is 5.69 Å². The van der Waals surface area contributed by atoms with Gasteiger partial charge in [-0.15, -0.1) is 0 Å². The van der Waals surface area contributed by atoms with Crippen LogP contribution < -0.4 is 10.6 Å². The second kappa shape index (κ2) is 8.48. The van der Waals surface area contributed by atoms with Crippen LogP contribution >= 0.6 is 11.6 Å². The lowest BCUT2D eigenvalue weighted by Gasteiger charge is -2.17. The molecule has 0 aliphatic rings. The number of amides is 2. The van der Waals surface area contributed by atoms with Gasteiger partial charge in [-0.05, 0) is 37.3 Å². The number of carbonyl (C=O) groups is 2. The van der Waals surface area contributed by atoms with Gasteiger partial charge < -0.3 is 15.5 Å². The van der Waals surface area contributed by atoms with Crippen LogP contribution in [0.5, 0.6) is 0 Å². The maximum atomic E-state index is 13.6. The van der Waals surface area contributed by atoms with Crippen molar-refractivity contribution in [3.63, 3.8) is 0 Å². The summed E-state index contributed by atoms with van der Waals surface area (Å²) in [7, 11) is 1.51. The average molecular weight is 364 g/mol. The largest absolute Gasteiger partial charge is 0.374 e. The second-order valence-electron chi connectivity index (χ2n) is 5.64. The molecule has 132 valence electrons. The Balaban J connectivity index is 1.82. The molecule has 2 rings (SSSR count). The number of aryl methyl sites for hydroxylation is 1. The van der Waals surface area contributed by atoms with Crippen LogP contribution in [-0.4, -0.2) is 36.9 Å². The van der Waals surface area contributed by atoms with E-state index in [9.17, 15) is 14.0 Å². The Morgan fingerprint density at radius 3 is 2.48 bits per heavy atom. The van der Waals surface area contributed by atoms with Gasteiger partial charge in [0.2, 0.25) is 11.8 Å². The summed E-state index contributed by atoms with van der Waals surface area (Å²) >= 11 is 5.68. The summed E-state index contributed by atoms with van der Waals surface area (Å²) in [5.41, 5.74) is 1.93. The predicted octanol–water partition coefficient (Wildman–Crippen LogP) is 3.30. The topological polar surface area (TPSA) is 61.4 Å². The maximum absolute atomic E-state index is 13.6. The molecule has 0 atom stereocenters. The zero-order valence-corrected chi connectivity index (χ0v) is 14.7. The Bertz CT molecular complexity index is 765. The first-order valence-corrected chi connectivity index (χ1v) is 8.02. The Morgan fingerprint density at radius 2 is 1.84 bits per heavy atom. The molecule has 0 aliphatic carbocycles. The van der Waals surface area contributed by atoms with E-state index >= 15 is 0 Å². The first-order chi connectivity index (χ1) is 11.8. The minimum atomic E-state index is -0.542. The fourth-order valence-electron chi connectivity index (χ4n) is 2.08. The highest BCUT2D eigenvalue weighted by atomic mass is 35.5. The summed E-state index contributed by atoms with van der Waals surface area (Å²) in [6, 6.07) is 11.5. The van der Waals surface area contributed by atoms with E-state index in [1.807, 2.05) is 19.1 Å². The Hall–Kier alpha value is -2.60. The average Bonchev–Trinajstić information content (AvgIpc) is 2.55. The van der Waals surface area contributed by atoms with E-state index in [2.05, 4.69) is 10.6 Å². The molecule has 0 radical (unpaired) electrons. The first-order valence-electron chi connectivity index (χ1n) is 7.64. The van der Waals surface area contributed by atoms with Gasteiger partial charge in [-0.1, -0.05) is 29.3 Å². The molecule has 7 heteroatoms. The number of likely N-dealkylation sites (N-methyl/N-ethyl adjacent to an activating group) is 1. The monoisotopic (exact) mass is 363 g/mol. The lowest BCUT2D eigenvalue weighted by atomic mass is 10.2. The third-order valence-electron chi connectivity index (χ3n) is 3.50. The predicted molar refractivity (Wildman–Crippen MR) is 97.3 cm³/mol. The van der Waals surface area contributed by atoms with Crippen molar-refractivity contribution in [3.05, 3.63) is 58.9 Å². The molecular formula is C18H19ClFN3O2. The second-order valence-corrected chi connectivity index (χ2v) is 6.08. The fourth-order valence-corrected chi connectivity index (χ4v) is 2.24. The number of nitrogens with zero attached hydrogens (tertiary/aromatic N) is 1. The van der Waals surface area contributed by atoms with Crippen molar-refractivity contribution >= 4 is 34.8 Å². The van der Waals surface area contributed by atoms with Crippen LogP contribution in [0.4, 0.5) is 15.8 Å². The number of halogens is 2. The van der Waals surface area contributed by atoms with Crippen molar-refractivity contribution < 1.29 is 14.0 Å². The summed E-state index contributed by atoms with van der Waals surface area (Å²) in [5.74, 6) is -1.19. The molecule has 0 saturated carbocycles. The molecule has 0 unspecified atom stereocenters. The zero-order valence-electron chi connectivity index (χ0n) is 14.0. The van der Waals surface area contributed by atoms with Crippen molar-refractivity contribution in [3.8, 4) is 0 Å². The molecular weight excluding hydrogens is 345 g/mol. The molecule has 5 nitrogen and oxygen atoms in total. The van der Waals surface area contributed by atoms with Crippen molar-refractivity contribution in [2.45, 2.75) is 6.92 Å². The van der Waals surface area contributed by atoms with Gasteiger partial charge in [0.05, 0.1) is 18.8 Å². The third-order valence-corrected chi connectivity index (χ3v) is 3.74.